The summed E-state index contributed by atoms with van der Waals surface area (Å²) in [6.45, 7) is 5.63. The van der Waals surface area contributed by atoms with Crippen molar-refractivity contribution in [1.29, 1.82) is 5.26 Å². The van der Waals surface area contributed by atoms with Gasteiger partial charge in [-0.2, -0.15) is 5.26 Å². The Bertz CT molecular complexity index is 799. The van der Waals surface area contributed by atoms with Crippen molar-refractivity contribution >= 4 is 23.3 Å². The topological polar surface area (TPSA) is 77.8 Å². The minimum Gasteiger partial charge on any atom is -0.479 e. The van der Waals surface area contributed by atoms with Crippen molar-refractivity contribution in [3.63, 3.8) is 0 Å². The molecule has 29 heavy (non-hydrogen) atoms. The van der Waals surface area contributed by atoms with E-state index in [0.29, 0.717) is 29.6 Å². The van der Waals surface area contributed by atoms with Crippen LogP contribution in [0.2, 0.25) is 0 Å². The van der Waals surface area contributed by atoms with Gasteiger partial charge in [0, 0.05) is 12.2 Å². The van der Waals surface area contributed by atoms with E-state index in [1.54, 1.807) is 19.1 Å². The Kier molecular flexibility index (Phi) is 8.43. The fraction of sp³-hybridized carbons (Fsp3) is 0.476. The number of benzene rings is 1. The van der Waals surface area contributed by atoms with Crippen LogP contribution in [0.4, 0.5) is 0 Å². The molecule has 1 N–H and O–H groups in total. The summed E-state index contributed by atoms with van der Waals surface area (Å²) in [7, 11) is 4.05. The second-order valence-corrected chi connectivity index (χ2v) is 7.31. The van der Waals surface area contributed by atoms with Gasteiger partial charge in [-0.1, -0.05) is 12.1 Å². The molecule has 1 aromatic rings. The van der Waals surface area contributed by atoms with Gasteiger partial charge in [-0.25, -0.2) is 4.79 Å². The minimum atomic E-state index is -0.406. The van der Waals surface area contributed by atoms with Crippen molar-refractivity contribution in [2.24, 2.45) is 0 Å². The van der Waals surface area contributed by atoms with Crippen molar-refractivity contribution in [1.82, 2.24) is 15.1 Å². The number of carbonyl (C=O) groups excluding carboxylic acids is 1. The summed E-state index contributed by atoms with van der Waals surface area (Å²) in [5.41, 5.74) is 2.23. The molecule has 1 aromatic carbocycles. The third-order valence-corrected chi connectivity index (χ3v) is 4.93. The van der Waals surface area contributed by atoms with Crippen LogP contribution in [-0.2, 0) is 9.53 Å². The third-order valence-electron chi connectivity index (χ3n) is 4.60. The average molecular weight is 417 g/mol. The monoisotopic (exact) mass is 416 g/mol. The normalized spacial score (nSPS) is 16.5. The smallest absolute Gasteiger partial charge is 0.338 e. The van der Waals surface area contributed by atoms with Gasteiger partial charge in [0.05, 0.1) is 18.2 Å². The Morgan fingerprint density at radius 2 is 2.03 bits per heavy atom. The molecule has 156 valence electrons. The Morgan fingerprint density at radius 1 is 1.34 bits per heavy atom. The molecule has 0 radical (unpaired) electrons. The third kappa shape index (κ3) is 5.92. The lowest BCUT2D eigenvalue weighted by Gasteiger charge is -2.37. The minimum absolute atomic E-state index is 0.0138. The summed E-state index contributed by atoms with van der Waals surface area (Å²) in [4.78, 5) is 16.9. The standard InChI is InChI=1S/C21H28N4O3S/c1-5-27-20(26)18-15(2)25(13-6-12-24(3)4)21(29)23-19(18)16-7-9-17(10-8-16)28-14-11-22/h7-10,19H,5-6,12-14H2,1-4H3,(H,23,29)/t19-/m1/s1. The van der Waals surface area contributed by atoms with E-state index in [-0.39, 0.29) is 12.6 Å². The molecule has 1 aliphatic heterocycles. The molecule has 2 rings (SSSR count). The molecule has 1 heterocycles. The van der Waals surface area contributed by atoms with Gasteiger partial charge in [-0.3, -0.25) is 0 Å². The maximum atomic E-state index is 12.8. The number of carbonyl (C=O) groups is 1. The number of ether oxygens (including phenoxy) is 2. The van der Waals surface area contributed by atoms with Gasteiger partial charge >= 0.3 is 5.97 Å². The molecular weight excluding hydrogens is 388 g/mol. The number of esters is 1. The zero-order valence-corrected chi connectivity index (χ0v) is 18.2. The Morgan fingerprint density at radius 3 is 2.62 bits per heavy atom. The maximum absolute atomic E-state index is 12.8. The lowest BCUT2D eigenvalue weighted by Crippen LogP contribution is -2.48. The Balaban J connectivity index is 2.33. The summed E-state index contributed by atoms with van der Waals surface area (Å²) in [6.07, 6.45) is 0.915. The van der Waals surface area contributed by atoms with Crippen molar-refractivity contribution in [2.45, 2.75) is 26.3 Å². The number of thiocarbonyl (C=S) groups is 1. The first kappa shape index (κ1) is 22.7. The zero-order valence-electron chi connectivity index (χ0n) is 17.4. The molecule has 0 amide bonds. The van der Waals surface area contributed by atoms with Crippen LogP contribution >= 0.6 is 12.2 Å². The van der Waals surface area contributed by atoms with Gasteiger partial charge in [-0.15, -0.1) is 0 Å². The van der Waals surface area contributed by atoms with E-state index in [2.05, 4.69) is 10.2 Å². The summed E-state index contributed by atoms with van der Waals surface area (Å²) >= 11 is 5.60. The quantitative estimate of drug-likeness (QED) is 0.486. The molecule has 0 saturated carbocycles. The van der Waals surface area contributed by atoms with Gasteiger partial charge in [0.2, 0.25) is 0 Å². The van der Waals surface area contributed by atoms with E-state index in [0.717, 1.165) is 24.2 Å². The molecule has 0 spiro atoms. The highest BCUT2D eigenvalue weighted by atomic mass is 32.1. The zero-order chi connectivity index (χ0) is 21.4. The van der Waals surface area contributed by atoms with Crippen LogP contribution in [0.15, 0.2) is 35.5 Å². The van der Waals surface area contributed by atoms with Gasteiger partial charge < -0.3 is 24.6 Å². The van der Waals surface area contributed by atoms with Crippen LogP contribution in [0.25, 0.3) is 0 Å². The Labute approximate surface area is 177 Å². The van der Waals surface area contributed by atoms with Crippen molar-refractivity contribution < 1.29 is 14.3 Å². The predicted octanol–water partition coefficient (Wildman–Crippen LogP) is 2.61. The molecule has 0 aromatic heterocycles. The Hall–Kier alpha value is -2.63. The number of nitrogens with one attached hydrogen (secondary N) is 1. The molecule has 0 aliphatic carbocycles. The lowest BCUT2D eigenvalue weighted by molar-refractivity contribution is -0.139. The number of hydrogen-bond acceptors (Lipinski definition) is 6. The molecular formula is C21H28N4O3S. The molecule has 1 atom stereocenters. The second kappa shape index (κ2) is 10.8. The van der Waals surface area contributed by atoms with E-state index >= 15 is 0 Å². The van der Waals surface area contributed by atoms with Crippen LogP contribution in [0.1, 0.15) is 31.9 Å². The highest BCUT2D eigenvalue weighted by molar-refractivity contribution is 7.80. The number of nitrogens with zero attached hydrogens (tertiary/aromatic N) is 3. The highest BCUT2D eigenvalue weighted by Gasteiger charge is 2.34. The van der Waals surface area contributed by atoms with Gasteiger partial charge in [0.15, 0.2) is 11.7 Å². The summed E-state index contributed by atoms with van der Waals surface area (Å²) in [5, 5.41) is 12.5. The van der Waals surface area contributed by atoms with Gasteiger partial charge in [0.1, 0.15) is 11.8 Å². The van der Waals surface area contributed by atoms with E-state index in [9.17, 15) is 4.79 Å². The van der Waals surface area contributed by atoms with E-state index in [1.165, 1.54) is 0 Å². The van der Waals surface area contributed by atoms with E-state index in [1.807, 2.05) is 44.1 Å². The van der Waals surface area contributed by atoms with Crippen molar-refractivity contribution in [2.75, 3.05) is 40.4 Å². The molecule has 7 nitrogen and oxygen atoms in total. The van der Waals surface area contributed by atoms with Gasteiger partial charge in [-0.05, 0) is 70.8 Å². The second-order valence-electron chi connectivity index (χ2n) is 6.93. The number of allylic oxidation sites excluding steroid dienone is 1. The molecule has 0 fully saturated rings. The van der Waals surface area contributed by atoms with Crippen LogP contribution in [0, 0.1) is 11.3 Å². The van der Waals surface area contributed by atoms with Crippen molar-refractivity contribution in [3.8, 4) is 11.8 Å². The first-order valence-electron chi connectivity index (χ1n) is 9.59. The fourth-order valence-electron chi connectivity index (χ4n) is 3.19. The SMILES string of the molecule is CCOC(=O)C1=C(C)N(CCCN(C)C)C(=S)N[C@@H]1c1ccc(OCC#N)cc1. The van der Waals surface area contributed by atoms with Crippen molar-refractivity contribution in [3.05, 3.63) is 41.1 Å². The molecule has 0 bridgehead atoms. The van der Waals surface area contributed by atoms with Gasteiger partial charge in [0.25, 0.3) is 0 Å². The summed E-state index contributed by atoms with van der Waals surface area (Å²) in [6, 6.07) is 8.81. The number of hydrogen-bond donors (Lipinski definition) is 1. The van der Waals surface area contributed by atoms with E-state index < -0.39 is 6.04 Å². The molecule has 8 heteroatoms. The van der Waals surface area contributed by atoms with Crippen LogP contribution in [-0.4, -0.2) is 61.3 Å². The maximum Gasteiger partial charge on any atom is 0.338 e. The summed E-state index contributed by atoms with van der Waals surface area (Å²) < 4.78 is 10.6. The molecule has 1 aliphatic rings. The first-order valence-corrected chi connectivity index (χ1v) is 10.00. The predicted molar refractivity (Wildman–Crippen MR) is 115 cm³/mol. The summed E-state index contributed by atoms with van der Waals surface area (Å²) in [5.74, 6) is 0.241. The average Bonchev–Trinajstić information content (AvgIpc) is 2.68. The molecule has 0 unspecified atom stereocenters. The largest absolute Gasteiger partial charge is 0.479 e. The lowest BCUT2D eigenvalue weighted by atomic mass is 9.95. The van der Waals surface area contributed by atoms with Crippen LogP contribution < -0.4 is 10.1 Å². The highest BCUT2D eigenvalue weighted by Crippen LogP contribution is 2.32. The van der Waals surface area contributed by atoms with Crippen LogP contribution in [0.3, 0.4) is 0 Å². The van der Waals surface area contributed by atoms with E-state index in [4.69, 9.17) is 27.0 Å². The molecule has 0 saturated heterocycles. The fourth-order valence-corrected chi connectivity index (χ4v) is 3.54. The van der Waals surface area contributed by atoms with Crippen LogP contribution in [0.5, 0.6) is 5.75 Å². The number of rotatable bonds is 9. The first-order chi connectivity index (χ1) is 13.9. The number of nitriles is 1.